The van der Waals surface area contributed by atoms with Crippen molar-refractivity contribution in [2.45, 2.75) is 17.0 Å². The number of thioether (sulfide) groups is 2. The molecule has 132 valence electrons. The van der Waals surface area contributed by atoms with Crippen molar-refractivity contribution in [1.82, 2.24) is 10.2 Å². The van der Waals surface area contributed by atoms with Gasteiger partial charge in [0.2, 0.25) is 0 Å². The Hall–Kier alpha value is -1.93. The van der Waals surface area contributed by atoms with Crippen LogP contribution < -0.4 is 5.32 Å². The van der Waals surface area contributed by atoms with E-state index in [-0.39, 0.29) is 11.3 Å². The number of amidine groups is 2. The molecule has 4 rings (SSSR count). The van der Waals surface area contributed by atoms with Crippen LogP contribution in [0.4, 0.5) is 0 Å². The molecule has 0 spiro atoms. The van der Waals surface area contributed by atoms with Crippen molar-refractivity contribution in [2.24, 2.45) is 9.98 Å². The number of fused-ring (bicyclic) bond motifs is 1. The maximum atomic E-state index is 8.36. The second-order valence-corrected chi connectivity index (χ2v) is 7.73. The molecule has 3 heterocycles. The van der Waals surface area contributed by atoms with Crippen molar-refractivity contribution >= 4 is 41.0 Å². The number of nitrogens with zero attached hydrogens (tertiary/aromatic N) is 3. The fourth-order valence-electron chi connectivity index (χ4n) is 2.77. The monoisotopic (exact) mass is 376 g/mol. The van der Waals surface area contributed by atoms with Crippen molar-refractivity contribution in [3.8, 4) is 0 Å². The van der Waals surface area contributed by atoms with Gasteiger partial charge in [-0.3, -0.25) is 9.79 Å². The lowest BCUT2D eigenvalue weighted by Crippen LogP contribution is -2.48. The van der Waals surface area contributed by atoms with Gasteiger partial charge in [0, 0.05) is 25.0 Å². The van der Waals surface area contributed by atoms with Gasteiger partial charge >= 0.3 is 0 Å². The summed E-state index contributed by atoms with van der Waals surface area (Å²) < 4.78 is 0. The summed E-state index contributed by atoms with van der Waals surface area (Å²) in [6.07, 6.45) is 3.23. The molecule has 8 heteroatoms. The highest BCUT2D eigenvalue weighted by molar-refractivity contribution is 8.16. The highest BCUT2D eigenvalue weighted by Gasteiger charge is 2.45. The second kappa shape index (κ2) is 8.44. The van der Waals surface area contributed by atoms with E-state index in [9.17, 15) is 0 Å². The van der Waals surface area contributed by atoms with Crippen molar-refractivity contribution in [3.05, 3.63) is 47.5 Å². The third-order valence-electron chi connectivity index (χ3n) is 3.91. The molecule has 0 aliphatic carbocycles. The van der Waals surface area contributed by atoms with Crippen LogP contribution in [0.2, 0.25) is 0 Å². The fourth-order valence-corrected chi connectivity index (χ4v) is 4.88. The predicted molar refractivity (Wildman–Crippen MR) is 105 cm³/mol. The average Bonchev–Trinajstić information content (AvgIpc) is 3.22. The van der Waals surface area contributed by atoms with Crippen LogP contribution in [0.1, 0.15) is 12.0 Å². The topological polar surface area (TPSA) is 77.3 Å². The molecular formula is C17H20N4O2S2. The fraction of sp³-hybridized carbons (Fsp3) is 0.353. The Balaban J connectivity index is 0.000000569. The molecule has 0 radical (unpaired) electrons. The van der Waals surface area contributed by atoms with Gasteiger partial charge in [-0.1, -0.05) is 42.1 Å². The van der Waals surface area contributed by atoms with Crippen LogP contribution in [0, 0.1) is 0 Å². The Morgan fingerprint density at radius 1 is 1.40 bits per heavy atom. The summed E-state index contributed by atoms with van der Waals surface area (Å²) in [6.45, 7) is 2.53. The molecule has 2 N–H and O–H groups in total. The maximum Gasteiger partial charge on any atom is 0.290 e. The third-order valence-corrected chi connectivity index (χ3v) is 6.07. The first-order valence-corrected chi connectivity index (χ1v) is 9.88. The average molecular weight is 377 g/mol. The van der Waals surface area contributed by atoms with Gasteiger partial charge in [-0.25, -0.2) is 4.99 Å². The zero-order chi connectivity index (χ0) is 17.5. The van der Waals surface area contributed by atoms with Crippen LogP contribution in [0.15, 0.2) is 51.9 Å². The van der Waals surface area contributed by atoms with E-state index in [1.54, 1.807) is 11.8 Å². The van der Waals surface area contributed by atoms with Gasteiger partial charge in [0.05, 0.1) is 6.54 Å². The number of rotatable bonds is 4. The summed E-state index contributed by atoms with van der Waals surface area (Å²) in [5.41, 5.74) is 1.33. The number of nitrogens with one attached hydrogen (secondary N) is 1. The van der Waals surface area contributed by atoms with Crippen molar-refractivity contribution < 1.29 is 9.90 Å². The van der Waals surface area contributed by atoms with Gasteiger partial charge < -0.3 is 15.3 Å². The first-order valence-electron chi connectivity index (χ1n) is 8.02. The van der Waals surface area contributed by atoms with E-state index in [4.69, 9.17) is 19.9 Å². The highest BCUT2D eigenvalue weighted by Crippen LogP contribution is 2.41. The van der Waals surface area contributed by atoms with Gasteiger partial charge in [-0.2, -0.15) is 0 Å². The van der Waals surface area contributed by atoms with Crippen LogP contribution in [-0.4, -0.2) is 52.0 Å². The van der Waals surface area contributed by atoms with E-state index in [2.05, 4.69) is 52.2 Å². The number of benzene rings is 1. The molecule has 3 aliphatic heterocycles. The molecule has 0 fully saturated rings. The molecule has 0 amide bonds. The van der Waals surface area contributed by atoms with Crippen LogP contribution in [0.25, 0.3) is 0 Å². The molecule has 0 saturated carbocycles. The summed E-state index contributed by atoms with van der Waals surface area (Å²) in [5, 5.41) is 13.6. The minimum absolute atomic E-state index is 0.250. The standard InChI is InChI=1S/C16H18N4S2.CH2O2/c1-2-5-13(6-3-1)11-22-16(14-17-7-4-8-18-14)12-20-9-10-21-15(20)19-16;2-1-3/h1-3,5-6,9-10H,4,7-8,11-12H2,(H,17,18);1H,(H,2,3). The van der Waals surface area contributed by atoms with Crippen molar-refractivity contribution in [2.75, 3.05) is 19.6 Å². The number of hydrogen-bond acceptors (Lipinski definition) is 7. The number of carbonyl (C=O) groups is 1. The molecule has 1 aromatic rings. The summed E-state index contributed by atoms with van der Waals surface area (Å²) in [5.74, 6) is 2.00. The lowest BCUT2D eigenvalue weighted by molar-refractivity contribution is -0.122. The van der Waals surface area contributed by atoms with Crippen LogP contribution in [-0.2, 0) is 10.5 Å². The SMILES string of the molecule is C1=CN2CC(SCc3ccccc3)(C3=NCCCN3)N=C2S1.O=CO. The Bertz CT molecular complexity index is 693. The molecule has 1 unspecified atom stereocenters. The summed E-state index contributed by atoms with van der Waals surface area (Å²) in [4.78, 5) is 20.1. The quantitative estimate of drug-likeness (QED) is 0.787. The van der Waals surface area contributed by atoms with E-state index >= 15 is 0 Å². The largest absolute Gasteiger partial charge is 0.483 e. The lowest BCUT2D eigenvalue weighted by Gasteiger charge is -2.30. The number of carboxylic acid groups (broad SMARTS) is 1. The molecule has 0 bridgehead atoms. The second-order valence-electron chi connectivity index (χ2n) is 5.60. The molecule has 3 aliphatic rings. The van der Waals surface area contributed by atoms with Gasteiger partial charge in [0.1, 0.15) is 5.84 Å². The minimum Gasteiger partial charge on any atom is -0.483 e. The highest BCUT2D eigenvalue weighted by atomic mass is 32.2. The van der Waals surface area contributed by atoms with E-state index in [0.717, 1.165) is 42.8 Å². The minimum atomic E-state index is -0.288. The lowest BCUT2D eigenvalue weighted by atomic mass is 10.2. The van der Waals surface area contributed by atoms with Gasteiger partial charge in [0.15, 0.2) is 10.0 Å². The Labute approximate surface area is 155 Å². The first kappa shape index (κ1) is 17.9. The maximum absolute atomic E-state index is 8.36. The molecule has 0 aromatic heterocycles. The van der Waals surface area contributed by atoms with E-state index in [0.29, 0.717) is 0 Å². The number of aliphatic imine (C=N–C) groups is 2. The van der Waals surface area contributed by atoms with Gasteiger partial charge in [-0.15, -0.1) is 11.8 Å². The smallest absolute Gasteiger partial charge is 0.290 e. The van der Waals surface area contributed by atoms with Gasteiger partial charge in [-0.05, 0) is 17.4 Å². The summed E-state index contributed by atoms with van der Waals surface area (Å²) in [6, 6.07) is 10.6. The van der Waals surface area contributed by atoms with Crippen LogP contribution >= 0.6 is 23.5 Å². The summed E-state index contributed by atoms with van der Waals surface area (Å²) in [7, 11) is 0. The zero-order valence-corrected chi connectivity index (χ0v) is 15.3. The Morgan fingerprint density at radius 3 is 2.88 bits per heavy atom. The normalized spacial score (nSPS) is 23.8. The van der Waals surface area contributed by atoms with E-state index in [1.807, 2.05) is 11.8 Å². The Morgan fingerprint density at radius 2 is 2.20 bits per heavy atom. The predicted octanol–water partition coefficient (Wildman–Crippen LogP) is 2.60. The van der Waals surface area contributed by atoms with Crippen LogP contribution in [0.5, 0.6) is 0 Å². The van der Waals surface area contributed by atoms with E-state index < -0.39 is 0 Å². The molecule has 25 heavy (non-hydrogen) atoms. The third kappa shape index (κ3) is 4.19. The molecule has 6 nitrogen and oxygen atoms in total. The van der Waals surface area contributed by atoms with Crippen molar-refractivity contribution in [1.29, 1.82) is 0 Å². The molecule has 1 atom stereocenters. The van der Waals surface area contributed by atoms with Gasteiger partial charge in [0.25, 0.3) is 6.47 Å². The van der Waals surface area contributed by atoms with Crippen LogP contribution in [0.3, 0.4) is 0 Å². The van der Waals surface area contributed by atoms with E-state index in [1.165, 1.54) is 5.56 Å². The number of hydrogen-bond donors (Lipinski definition) is 2. The summed E-state index contributed by atoms with van der Waals surface area (Å²) >= 11 is 3.58. The first-order chi connectivity index (χ1) is 12.3. The Kier molecular flexibility index (Phi) is 6.04. The zero-order valence-electron chi connectivity index (χ0n) is 13.7. The molecule has 1 aromatic carbocycles. The van der Waals surface area contributed by atoms with Crippen molar-refractivity contribution in [3.63, 3.8) is 0 Å². The molecular weight excluding hydrogens is 356 g/mol. The molecule has 0 saturated heterocycles.